The molecule has 0 aromatic heterocycles. The summed E-state index contributed by atoms with van der Waals surface area (Å²) < 4.78 is 9.21. The van der Waals surface area contributed by atoms with E-state index in [1.165, 1.54) is 7.11 Å². The molecule has 58 valence electrons. The zero-order valence-corrected chi connectivity index (χ0v) is 6.29. The predicted octanol–water partition coefficient (Wildman–Crippen LogP) is 0.752. The minimum atomic E-state index is -0.343. The van der Waals surface area contributed by atoms with Gasteiger partial charge in [0.2, 0.25) is 0 Å². The van der Waals surface area contributed by atoms with Crippen molar-refractivity contribution in [1.29, 1.82) is 0 Å². The maximum absolute atomic E-state index is 10.4. The Balaban J connectivity index is 3.11. The number of carbonyl (C=O) groups excluding carboxylic acids is 1. The molecule has 0 N–H and O–H groups in total. The Morgan fingerprint density at radius 1 is 1.60 bits per heavy atom. The maximum atomic E-state index is 10.4. The van der Waals surface area contributed by atoms with E-state index >= 15 is 0 Å². The predicted molar refractivity (Wildman–Crippen MR) is 37.6 cm³/mol. The summed E-state index contributed by atoms with van der Waals surface area (Å²) in [5.74, 6) is -0.343. The number of hydrogen-bond donors (Lipinski definition) is 0. The number of methoxy groups -OCH3 is 1. The standard InChI is InChI=1S/C7H12O3/c1-3-4-5-10-6-7(8)9-2/h3-4H,5-6H2,1-2H3/b4-3+. The van der Waals surface area contributed by atoms with Crippen LogP contribution >= 0.6 is 0 Å². The zero-order chi connectivity index (χ0) is 7.82. The Morgan fingerprint density at radius 3 is 2.80 bits per heavy atom. The third-order valence-electron chi connectivity index (χ3n) is 0.897. The zero-order valence-electron chi connectivity index (χ0n) is 6.29. The SMILES string of the molecule is C/C=C/COCC(=O)OC. The summed E-state index contributed by atoms with van der Waals surface area (Å²) in [5.41, 5.74) is 0. The highest BCUT2D eigenvalue weighted by atomic mass is 16.6. The van der Waals surface area contributed by atoms with Gasteiger partial charge in [-0.25, -0.2) is 4.79 Å². The first kappa shape index (κ1) is 9.17. The first-order valence-electron chi connectivity index (χ1n) is 3.07. The van der Waals surface area contributed by atoms with Crippen LogP contribution in [-0.4, -0.2) is 26.3 Å². The molecule has 0 unspecified atom stereocenters. The molecule has 3 nitrogen and oxygen atoms in total. The molecule has 0 spiro atoms. The number of rotatable bonds is 4. The van der Waals surface area contributed by atoms with Crippen LogP contribution in [0.1, 0.15) is 6.92 Å². The molecule has 10 heavy (non-hydrogen) atoms. The van der Waals surface area contributed by atoms with E-state index in [1.807, 2.05) is 19.1 Å². The Labute approximate surface area is 60.6 Å². The fourth-order valence-corrected chi connectivity index (χ4v) is 0.365. The molecular weight excluding hydrogens is 132 g/mol. The van der Waals surface area contributed by atoms with Gasteiger partial charge in [0.25, 0.3) is 0 Å². The summed E-state index contributed by atoms with van der Waals surface area (Å²) >= 11 is 0. The number of allylic oxidation sites excluding steroid dienone is 1. The lowest BCUT2D eigenvalue weighted by molar-refractivity contribution is -0.145. The third kappa shape index (κ3) is 5.31. The van der Waals surface area contributed by atoms with Crippen LogP contribution in [0.4, 0.5) is 0 Å². The lowest BCUT2D eigenvalue weighted by Crippen LogP contribution is -2.09. The second-order valence-corrected chi connectivity index (χ2v) is 1.66. The molecule has 3 heteroatoms. The lowest BCUT2D eigenvalue weighted by atomic mass is 10.5. The van der Waals surface area contributed by atoms with Gasteiger partial charge in [0, 0.05) is 0 Å². The molecule has 0 aliphatic heterocycles. The van der Waals surface area contributed by atoms with Gasteiger partial charge in [0.1, 0.15) is 6.61 Å². The van der Waals surface area contributed by atoms with Gasteiger partial charge >= 0.3 is 5.97 Å². The van der Waals surface area contributed by atoms with E-state index in [0.29, 0.717) is 6.61 Å². The first-order chi connectivity index (χ1) is 4.81. The van der Waals surface area contributed by atoms with Gasteiger partial charge in [0.15, 0.2) is 0 Å². The lowest BCUT2D eigenvalue weighted by Gasteiger charge is -1.97. The Morgan fingerprint density at radius 2 is 2.30 bits per heavy atom. The van der Waals surface area contributed by atoms with Crippen LogP contribution in [0.3, 0.4) is 0 Å². The Kier molecular flexibility index (Phi) is 5.77. The van der Waals surface area contributed by atoms with Crippen LogP contribution in [0.15, 0.2) is 12.2 Å². The van der Waals surface area contributed by atoms with Gasteiger partial charge in [-0.05, 0) is 6.92 Å². The molecule has 0 aliphatic rings. The fourth-order valence-electron chi connectivity index (χ4n) is 0.365. The molecule has 0 amide bonds. The van der Waals surface area contributed by atoms with Crippen LogP contribution in [0, 0.1) is 0 Å². The summed E-state index contributed by atoms with van der Waals surface area (Å²) in [6.07, 6.45) is 3.68. The summed E-state index contributed by atoms with van der Waals surface area (Å²) in [4.78, 5) is 10.4. The average molecular weight is 144 g/mol. The normalized spacial score (nSPS) is 10.2. The first-order valence-corrected chi connectivity index (χ1v) is 3.07. The van der Waals surface area contributed by atoms with E-state index in [9.17, 15) is 4.79 Å². The van der Waals surface area contributed by atoms with Crippen LogP contribution in [0.5, 0.6) is 0 Å². The van der Waals surface area contributed by atoms with Gasteiger partial charge < -0.3 is 9.47 Å². The van der Waals surface area contributed by atoms with E-state index in [2.05, 4.69) is 4.74 Å². The average Bonchev–Trinajstić information content (AvgIpc) is 1.98. The summed E-state index contributed by atoms with van der Waals surface area (Å²) in [7, 11) is 1.33. The second kappa shape index (κ2) is 6.29. The molecule has 0 saturated carbocycles. The van der Waals surface area contributed by atoms with Crippen LogP contribution in [-0.2, 0) is 14.3 Å². The third-order valence-corrected chi connectivity index (χ3v) is 0.897. The summed E-state index contributed by atoms with van der Waals surface area (Å²) in [5, 5.41) is 0. The molecule has 0 aromatic rings. The Bertz CT molecular complexity index is 118. The molecule has 0 radical (unpaired) electrons. The largest absolute Gasteiger partial charge is 0.467 e. The molecule has 0 fully saturated rings. The van der Waals surface area contributed by atoms with Crippen molar-refractivity contribution in [2.75, 3.05) is 20.3 Å². The van der Waals surface area contributed by atoms with Crippen molar-refractivity contribution in [3.05, 3.63) is 12.2 Å². The minimum absolute atomic E-state index is 0.0286. The van der Waals surface area contributed by atoms with Crippen molar-refractivity contribution in [3.63, 3.8) is 0 Å². The van der Waals surface area contributed by atoms with E-state index in [-0.39, 0.29) is 12.6 Å². The number of hydrogen-bond acceptors (Lipinski definition) is 3. The van der Waals surface area contributed by atoms with Crippen molar-refractivity contribution in [1.82, 2.24) is 0 Å². The highest BCUT2D eigenvalue weighted by molar-refractivity contribution is 5.70. The van der Waals surface area contributed by atoms with Crippen molar-refractivity contribution in [3.8, 4) is 0 Å². The van der Waals surface area contributed by atoms with Gasteiger partial charge in [-0.15, -0.1) is 0 Å². The summed E-state index contributed by atoms with van der Waals surface area (Å²) in [6, 6.07) is 0. The molecule has 0 bridgehead atoms. The second-order valence-electron chi connectivity index (χ2n) is 1.66. The molecular formula is C7H12O3. The molecule has 0 aliphatic carbocycles. The molecule has 0 heterocycles. The molecule has 0 rings (SSSR count). The monoisotopic (exact) mass is 144 g/mol. The van der Waals surface area contributed by atoms with E-state index in [0.717, 1.165) is 0 Å². The molecule has 0 saturated heterocycles. The number of esters is 1. The van der Waals surface area contributed by atoms with Gasteiger partial charge in [-0.3, -0.25) is 0 Å². The minimum Gasteiger partial charge on any atom is -0.467 e. The highest BCUT2D eigenvalue weighted by Crippen LogP contribution is 1.79. The van der Waals surface area contributed by atoms with Gasteiger partial charge in [-0.2, -0.15) is 0 Å². The molecule has 0 aromatic carbocycles. The van der Waals surface area contributed by atoms with Crippen molar-refractivity contribution in [2.24, 2.45) is 0 Å². The Hall–Kier alpha value is -0.830. The van der Waals surface area contributed by atoms with E-state index in [1.54, 1.807) is 0 Å². The van der Waals surface area contributed by atoms with Crippen molar-refractivity contribution >= 4 is 5.97 Å². The van der Waals surface area contributed by atoms with Crippen LogP contribution in [0.25, 0.3) is 0 Å². The number of carbonyl (C=O) groups is 1. The van der Waals surface area contributed by atoms with Crippen molar-refractivity contribution in [2.45, 2.75) is 6.92 Å². The van der Waals surface area contributed by atoms with E-state index in [4.69, 9.17) is 4.74 Å². The molecule has 0 atom stereocenters. The topological polar surface area (TPSA) is 35.5 Å². The van der Waals surface area contributed by atoms with Crippen LogP contribution < -0.4 is 0 Å². The van der Waals surface area contributed by atoms with E-state index < -0.39 is 0 Å². The maximum Gasteiger partial charge on any atom is 0.331 e. The van der Waals surface area contributed by atoms with Gasteiger partial charge in [0.05, 0.1) is 13.7 Å². The van der Waals surface area contributed by atoms with Crippen molar-refractivity contribution < 1.29 is 14.3 Å². The highest BCUT2D eigenvalue weighted by Gasteiger charge is 1.96. The quantitative estimate of drug-likeness (QED) is 0.332. The van der Waals surface area contributed by atoms with Crippen LogP contribution in [0.2, 0.25) is 0 Å². The smallest absolute Gasteiger partial charge is 0.331 e. The summed E-state index contributed by atoms with van der Waals surface area (Å²) in [6.45, 7) is 2.38. The van der Waals surface area contributed by atoms with Gasteiger partial charge in [-0.1, -0.05) is 12.2 Å². The number of ether oxygens (including phenoxy) is 2. The fraction of sp³-hybridized carbons (Fsp3) is 0.571.